The Labute approximate surface area is 462 Å². The van der Waals surface area contributed by atoms with Crippen LogP contribution in [0.2, 0.25) is 0 Å². The molecule has 0 saturated carbocycles. The SMILES string of the molecule is CC/C=C\C/C=C\C/C=C\C/C=C\C/C=C\CCCCCC(=O)OC(COC(=O)CCCC/C=C\C/C=C\C/C=C\C/C=C\CC)COC(=O)CCCCCCCCCCCCC/C=C\C/C=C\CCCCCCC. The van der Waals surface area contributed by atoms with Gasteiger partial charge in [-0.15, -0.1) is 0 Å². The molecule has 0 bridgehead atoms. The molecule has 75 heavy (non-hydrogen) atoms. The molecule has 0 aliphatic heterocycles. The molecule has 0 aliphatic carbocycles. The van der Waals surface area contributed by atoms with Gasteiger partial charge in [-0.25, -0.2) is 0 Å². The van der Waals surface area contributed by atoms with Crippen molar-refractivity contribution in [2.45, 2.75) is 271 Å². The fraction of sp³-hybridized carbons (Fsp3) is 0.638. The molecule has 1 atom stereocenters. The van der Waals surface area contributed by atoms with E-state index in [4.69, 9.17) is 14.2 Å². The second-order valence-corrected chi connectivity index (χ2v) is 19.8. The predicted octanol–water partition coefficient (Wildman–Crippen LogP) is 21.0. The minimum Gasteiger partial charge on any atom is -0.462 e. The fourth-order valence-corrected chi connectivity index (χ4v) is 8.08. The van der Waals surface area contributed by atoms with E-state index in [-0.39, 0.29) is 37.5 Å². The molecule has 424 valence electrons. The molecule has 0 radical (unpaired) electrons. The number of rotatable bonds is 54. The summed E-state index contributed by atoms with van der Waals surface area (Å²) in [5.74, 6) is -0.988. The first-order chi connectivity index (χ1) is 37.0. The number of ether oxygens (including phenoxy) is 3. The second-order valence-electron chi connectivity index (χ2n) is 19.8. The predicted molar refractivity (Wildman–Crippen MR) is 325 cm³/mol. The Bertz CT molecular complexity index is 1620. The van der Waals surface area contributed by atoms with Crippen molar-refractivity contribution in [2.75, 3.05) is 13.2 Å². The number of allylic oxidation sites excluding steroid dienone is 22. The highest BCUT2D eigenvalue weighted by molar-refractivity contribution is 5.71. The highest BCUT2D eigenvalue weighted by Gasteiger charge is 2.19. The maximum absolute atomic E-state index is 12.9. The third kappa shape index (κ3) is 60.3. The van der Waals surface area contributed by atoms with Crippen LogP contribution in [0.4, 0.5) is 0 Å². The summed E-state index contributed by atoms with van der Waals surface area (Å²) in [6, 6.07) is 0. The van der Waals surface area contributed by atoms with Crippen molar-refractivity contribution in [3.8, 4) is 0 Å². The average Bonchev–Trinajstić information content (AvgIpc) is 3.41. The molecule has 0 aromatic heterocycles. The summed E-state index contributed by atoms with van der Waals surface area (Å²) < 4.78 is 16.8. The van der Waals surface area contributed by atoms with Crippen LogP contribution < -0.4 is 0 Å². The first-order valence-electron chi connectivity index (χ1n) is 30.7. The average molecular weight is 1040 g/mol. The van der Waals surface area contributed by atoms with Gasteiger partial charge in [0.15, 0.2) is 6.10 Å². The summed E-state index contributed by atoms with van der Waals surface area (Å²) >= 11 is 0. The number of carbonyl (C=O) groups is 3. The highest BCUT2D eigenvalue weighted by Crippen LogP contribution is 2.15. The largest absolute Gasteiger partial charge is 0.462 e. The molecule has 6 heteroatoms. The molecule has 0 N–H and O–H groups in total. The smallest absolute Gasteiger partial charge is 0.306 e. The summed E-state index contributed by atoms with van der Waals surface area (Å²) in [7, 11) is 0. The van der Waals surface area contributed by atoms with Crippen LogP contribution in [-0.2, 0) is 28.6 Å². The van der Waals surface area contributed by atoms with Gasteiger partial charge in [-0.05, 0) is 135 Å². The fourth-order valence-electron chi connectivity index (χ4n) is 8.08. The Morgan fingerprint density at radius 1 is 0.280 bits per heavy atom. The standard InChI is InChI=1S/C69H112O6/c1-4-7-10-13-16-19-22-25-28-30-32-33-34-35-37-38-41-44-47-50-53-56-59-62-68(71)74-65-66(64-73-67(70)61-58-55-52-49-46-43-40-27-24-21-18-15-12-9-6-3)75-69(72)63-60-57-54-51-48-45-42-39-36-31-29-26-23-20-17-14-11-8-5-2/h8-9,11-12,17-18,20-22,25-27,29-30,32,36,39-40,45-46,48-49,66H,4-7,10,13-16,19,23-24,28,31,33-35,37-38,41-44,47,50-65H2,1-3H3/b11-8-,12-9-,20-17-,21-18-,25-22-,29-26-,32-30-,39-36-,40-27-,48-45-,49-46-. The maximum Gasteiger partial charge on any atom is 0.306 e. The monoisotopic (exact) mass is 1040 g/mol. The van der Waals surface area contributed by atoms with Crippen LogP contribution in [0.25, 0.3) is 0 Å². The van der Waals surface area contributed by atoms with E-state index >= 15 is 0 Å². The Morgan fingerprint density at radius 3 is 0.853 bits per heavy atom. The lowest BCUT2D eigenvalue weighted by Crippen LogP contribution is -2.30. The summed E-state index contributed by atoms with van der Waals surface area (Å²) in [6.07, 6.45) is 87.4. The molecule has 0 saturated heterocycles. The van der Waals surface area contributed by atoms with E-state index in [0.29, 0.717) is 25.7 Å². The van der Waals surface area contributed by atoms with Crippen molar-refractivity contribution < 1.29 is 28.6 Å². The summed E-state index contributed by atoms with van der Waals surface area (Å²) in [6.45, 7) is 6.34. The van der Waals surface area contributed by atoms with E-state index in [1.165, 1.54) is 96.3 Å². The maximum atomic E-state index is 12.9. The van der Waals surface area contributed by atoms with E-state index in [1.807, 2.05) is 0 Å². The van der Waals surface area contributed by atoms with Crippen molar-refractivity contribution in [1.82, 2.24) is 0 Å². The van der Waals surface area contributed by atoms with Crippen LogP contribution in [-0.4, -0.2) is 37.2 Å². The van der Waals surface area contributed by atoms with Gasteiger partial charge in [0.1, 0.15) is 13.2 Å². The van der Waals surface area contributed by atoms with Gasteiger partial charge in [-0.3, -0.25) is 14.4 Å². The zero-order chi connectivity index (χ0) is 54.3. The number of unbranched alkanes of at least 4 members (excludes halogenated alkanes) is 21. The minimum absolute atomic E-state index is 0.110. The van der Waals surface area contributed by atoms with Gasteiger partial charge < -0.3 is 14.2 Å². The summed E-state index contributed by atoms with van der Waals surface area (Å²) in [5, 5.41) is 0. The number of hydrogen-bond acceptors (Lipinski definition) is 6. The Kier molecular flexibility index (Phi) is 58.4. The minimum atomic E-state index is -0.820. The Balaban J connectivity index is 4.47. The quantitative estimate of drug-likeness (QED) is 0.0261. The lowest BCUT2D eigenvalue weighted by Gasteiger charge is -2.18. The normalized spacial score (nSPS) is 13.1. The van der Waals surface area contributed by atoms with Gasteiger partial charge in [-0.1, -0.05) is 244 Å². The van der Waals surface area contributed by atoms with E-state index in [2.05, 4.69) is 154 Å². The molecule has 0 aromatic rings. The van der Waals surface area contributed by atoms with Crippen LogP contribution in [0.3, 0.4) is 0 Å². The number of esters is 3. The van der Waals surface area contributed by atoms with Crippen molar-refractivity contribution in [3.05, 3.63) is 134 Å². The first kappa shape index (κ1) is 70.5. The Hall–Kier alpha value is -4.45. The zero-order valence-corrected chi connectivity index (χ0v) is 48.5. The molecule has 0 amide bonds. The molecule has 0 spiro atoms. The van der Waals surface area contributed by atoms with E-state index in [9.17, 15) is 14.4 Å². The van der Waals surface area contributed by atoms with Gasteiger partial charge in [0, 0.05) is 19.3 Å². The molecule has 0 aromatic carbocycles. The van der Waals surface area contributed by atoms with Gasteiger partial charge in [0.25, 0.3) is 0 Å². The van der Waals surface area contributed by atoms with Gasteiger partial charge in [0.2, 0.25) is 0 Å². The first-order valence-corrected chi connectivity index (χ1v) is 30.7. The highest BCUT2D eigenvalue weighted by atomic mass is 16.6. The van der Waals surface area contributed by atoms with E-state index < -0.39 is 6.10 Å². The van der Waals surface area contributed by atoms with Crippen LogP contribution >= 0.6 is 0 Å². The molecule has 6 nitrogen and oxygen atoms in total. The third-order valence-corrected chi connectivity index (χ3v) is 12.6. The van der Waals surface area contributed by atoms with Gasteiger partial charge in [-0.2, -0.15) is 0 Å². The van der Waals surface area contributed by atoms with Crippen molar-refractivity contribution in [1.29, 1.82) is 0 Å². The topological polar surface area (TPSA) is 78.9 Å². The molecule has 0 aliphatic rings. The summed E-state index contributed by atoms with van der Waals surface area (Å²) in [5.41, 5.74) is 0. The molecular weight excluding hydrogens is 925 g/mol. The van der Waals surface area contributed by atoms with Gasteiger partial charge in [0.05, 0.1) is 0 Å². The zero-order valence-electron chi connectivity index (χ0n) is 48.5. The Morgan fingerprint density at radius 2 is 0.520 bits per heavy atom. The lowest BCUT2D eigenvalue weighted by atomic mass is 10.0. The lowest BCUT2D eigenvalue weighted by molar-refractivity contribution is -0.167. The molecular formula is C69H112O6. The van der Waals surface area contributed by atoms with Crippen LogP contribution in [0, 0.1) is 0 Å². The number of carbonyl (C=O) groups excluding carboxylic acids is 3. The third-order valence-electron chi connectivity index (χ3n) is 12.6. The van der Waals surface area contributed by atoms with Crippen molar-refractivity contribution in [3.63, 3.8) is 0 Å². The van der Waals surface area contributed by atoms with E-state index in [0.717, 1.165) is 116 Å². The van der Waals surface area contributed by atoms with Crippen LogP contribution in [0.15, 0.2) is 134 Å². The second kappa shape index (κ2) is 62.1. The van der Waals surface area contributed by atoms with Gasteiger partial charge >= 0.3 is 17.9 Å². The molecule has 0 rings (SSSR count). The van der Waals surface area contributed by atoms with Crippen molar-refractivity contribution in [2.24, 2.45) is 0 Å². The molecule has 0 heterocycles. The molecule has 0 fully saturated rings. The number of hydrogen-bond donors (Lipinski definition) is 0. The van der Waals surface area contributed by atoms with E-state index in [1.54, 1.807) is 0 Å². The summed E-state index contributed by atoms with van der Waals surface area (Å²) in [4.78, 5) is 38.3. The molecule has 1 unspecified atom stereocenters. The van der Waals surface area contributed by atoms with Crippen LogP contribution in [0.1, 0.15) is 265 Å². The van der Waals surface area contributed by atoms with Crippen LogP contribution in [0.5, 0.6) is 0 Å². The van der Waals surface area contributed by atoms with Crippen molar-refractivity contribution >= 4 is 17.9 Å².